The highest BCUT2D eigenvalue weighted by Gasteiger charge is 2.35. The van der Waals surface area contributed by atoms with Crippen LogP contribution in [0.25, 0.3) is 0 Å². The quantitative estimate of drug-likeness (QED) is 0.471. The van der Waals surface area contributed by atoms with Crippen LogP contribution in [0, 0.1) is 22.7 Å². The van der Waals surface area contributed by atoms with E-state index < -0.39 is 35.3 Å². The van der Waals surface area contributed by atoms with Crippen LogP contribution in [0.4, 0.5) is 0 Å². The minimum atomic E-state index is -0.575. The summed E-state index contributed by atoms with van der Waals surface area (Å²) in [6.07, 6.45) is 0.997. The molecule has 0 saturated carbocycles. The van der Waals surface area contributed by atoms with Gasteiger partial charge in [-0.3, -0.25) is 14.4 Å². The summed E-state index contributed by atoms with van der Waals surface area (Å²) in [6, 6.07) is 4.94. The number of benzene rings is 1. The molecule has 1 aromatic carbocycles. The molecule has 1 N–H and O–H groups in total. The number of rotatable bonds is 6. The maximum absolute atomic E-state index is 12.0. The SMILES string of the molecule is CC(C)C(C)(C)C(=O)NC1CC(=O)OC(=O)C1.CC(C)C(C)(C)Cc1ccc2c(c1)C(=O)OC2=O. The largest absolute Gasteiger partial charge is 0.393 e. The van der Waals surface area contributed by atoms with Crippen LogP contribution in [0.15, 0.2) is 18.2 Å². The first-order valence-corrected chi connectivity index (χ1v) is 12.0. The van der Waals surface area contributed by atoms with Crippen molar-refractivity contribution in [3.63, 3.8) is 0 Å². The number of esters is 4. The maximum Gasteiger partial charge on any atom is 0.346 e. The van der Waals surface area contributed by atoms with Gasteiger partial charge in [-0.05, 0) is 41.4 Å². The second kappa shape index (κ2) is 10.7. The van der Waals surface area contributed by atoms with Crippen LogP contribution in [0.5, 0.6) is 0 Å². The van der Waals surface area contributed by atoms with Crippen molar-refractivity contribution in [3.8, 4) is 0 Å². The summed E-state index contributed by atoms with van der Waals surface area (Å²) in [4.78, 5) is 56.9. The van der Waals surface area contributed by atoms with Crippen molar-refractivity contribution in [2.24, 2.45) is 22.7 Å². The molecule has 1 saturated heterocycles. The molecule has 35 heavy (non-hydrogen) atoms. The fourth-order valence-electron chi connectivity index (χ4n) is 3.39. The summed E-state index contributed by atoms with van der Waals surface area (Å²) in [5, 5.41) is 2.74. The first-order valence-electron chi connectivity index (χ1n) is 12.0. The van der Waals surface area contributed by atoms with Gasteiger partial charge in [-0.2, -0.15) is 0 Å². The topological polar surface area (TPSA) is 116 Å². The van der Waals surface area contributed by atoms with E-state index in [0.717, 1.165) is 12.0 Å². The summed E-state index contributed by atoms with van der Waals surface area (Å²) < 4.78 is 8.99. The van der Waals surface area contributed by atoms with Crippen LogP contribution in [0.1, 0.15) is 94.5 Å². The molecule has 0 radical (unpaired) electrons. The molecule has 3 rings (SSSR count). The van der Waals surface area contributed by atoms with E-state index in [9.17, 15) is 24.0 Å². The molecule has 0 spiro atoms. The lowest BCUT2D eigenvalue weighted by Crippen LogP contribution is -2.48. The first kappa shape index (κ1) is 28.2. The zero-order chi connectivity index (χ0) is 26.7. The lowest BCUT2D eigenvalue weighted by molar-refractivity contribution is -0.164. The van der Waals surface area contributed by atoms with Crippen LogP contribution in [-0.2, 0) is 30.3 Å². The smallest absolute Gasteiger partial charge is 0.346 e. The van der Waals surface area contributed by atoms with Gasteiger partial charge in [0.25, 0.3) is 0 Å². The second-order valence-electron chi connectivity index (χ2n) is 11.2. The number of hydrogen-bond acceptors (Lipinski definition) is 7. The Labute approximate surface area is 207 Å². The molecule has 0 bridgehead atoms. The number of fused-ring (bicyclic) bond motifs is 1. The summed E-state index contributed by atoms with van der Waals surface area (Å²) in [6.45, 7) is 16.4. The Balaban J connectivity index is 0.000000247. The summed E-state index contributed by atoms with van der Waals surface area (Å²) in [7, 11) is 0. The van der Waals surface area contributed by atoms with Gasteiger partial charge < -0.3 is 14.8 Å². The first-order chi connectivity index (χ1) is 16.0. The molecule has 192 valence electrons. The van der Waals surface area contributed by atoms with Gasteiger partial charge in [0.15, 0.2) is 0 Å². The summed E-state index contributed by atoms with van der Waals surface area (Å²) in [5.41, 5.74) is 1.48. The Hall–Kier alpha value is -3.03. The third-order valence-electron chi connectivity index (χ3n) is 7.35. The van der Waals surface area contributed by atoms with Crippen LogP contribution in [-0.4, -0.2) is 35.8 Å². The molecule has 8 heteroatoms. The minimum Gasteiger partial charge on any atom is -0.393 e. The predicted molar refractivity (Wildman–Crippen MR) is 129 cm³/mol. The van der Waals surface area contributed by atoms with E-state index in [1.807, 2.05) is 33.8 Å². The molecule has 1 amide bonds. The van der Waals surface area contributed by atoms with Gasteiger partial charge in [0, 0.05) is 11.5 Å². The van der Waals surface area contributed by atoms with Crippen LogP contribution >= 0.6 is 0 Å². The maximum atomic E-state index is 12.0. The Kier molecular flexibility index (Phi) is 8.63. The fraction of sp³-hybridized carbons (Fsp3) is 0.593. The molecule has 8 nitrogen and oxygen atoms in total. The standard InChI is InChI=1S/C15H18O3.C12H19NO4/c1-9(2)15(3,4)8-10-5-6-11-12(7-10)14(17)18-13(11)16;1-7(2)12(3,4)11(16)13-8-5-9(14)17-10(15)6-8/h5-7,9H,8H2,1-4H3;7-8H,5-6H2,1-4H3,(H,13,16). The third kappa shape index (κ3) is 6.99. The molecule has 0 aliphatic carbocycles. The zero-order valence-electron chi connectivity index (χ0n) is 21.9. The van der Waals surface area contributed by atoms with Gasteiger partial charge in [-0.25, -0.2) is 9.59 Å². The number of ether oxygens (including phenoxy) is 2. The van der Waals surface area contributed by atoms with Crippen molar-refractivity contribution in [3.05, 3.63) is 34.9 Å². The van der Waals surface area contributed by atoms with Crippen molar-refractivity contribution in [1.29, 1.82) is 0 Å². The van der Waals surface area contributed by atoms with Crippen LogP contribution in [0.3, 0.4) is 0 Å². The Morgan fingerprint density at radius 1 is 0.886 bits per heavy atom. The van der Waals surface area contributed by atoms with Gasteiger partial charge in [0.2, 0.25) is 5.91 Å². The van der Waals surface area contributed by atoms with Gasteiger partial charge in [-0.15, -0.1) is 0 Å². The van der Waals surface area contributed by atoms with E-state index in [-0.39, 0.29) is 30.1 Å². The molecule has 0 unspecified atom stereocenters. The molecular formula is C27H37NO7. The van der Waals surface area contributed by atoms with E-state index >= 15 is 0 Å². The van der Waals surface area contributed by atoms with E-state index in [4.69, 9.17) is 0 Å². The number of nitrogens with one attached hydrogen (secondary N) is 1. The highest BCUT2D eigenvalue weighted by molar-refractivity contribution is 6.14. The van der Waals surface area contributed by atoms with Crippen molar-refractivity contribution in [2.75, 3.05) is 0 Å². The average Bonchev–Trinajstić information content (AvgIpc) is 3.00. The molecule has 0 aromatic heterocycles. The number of hydrogen-bond donors (Lipinski definition) is 1. The molecule has 2 aliphatic rings. The van der Waals surface area contributed by atoms with Gasteiger partial charge in [-0.1, -0.05) is 61.5 Å². The van der Waals surface area contributed by atoms with Crippen LogP contribution in [0.2, 0.25) is 0 Å². The Bertz CT molecular complexity index is 1000. The van der Waals surface area contributed by atoms with E-state index in [1.54, 1.807) is 12.1 Å². The minimum absolute atomic E-state index is 0.0612. The zero-order valence-corrected chi connectivity index (χ0v) is 21.9. The molecule has 1 aromatic rings. The highest BCUT2D eigenvalue weighted by Crippen LogP contribution is 2.32. The molecule has 2 aliphatic heterocycles. The van der Waals surface area contributed by atoms with Gasteiger partial charge in [0.1, 0.15) is 0 Å². The van der Waals surface area contributed by atoms with E-state index in [2.05, 4.69) is 42.5 Å². The van der Waals surface area contributed by atoms with E-state index in [0.29, 0.717) is 17.0 Å². The summed E-state index contributed by atoms with van der Waals surface area (Å²) in [5.74, 6) is -1.64. The normalized spacial score (nSPS) is 16.5. The number of carbonyl (C=O) groups excluding carboxylic acids is 5. The Morgan fingerprint density at radius 3 is 1.94 bits per heavy atom. The van der Waals surface area contributed by atoms with Crippen molar-refractivity contribution in [1.82, 2.24) is 5.32 Å². The second-order valence-corrected chi connectivity index (χ2v) is 11.2. The third-order valence-corrected chi connectivity index (χ3v) is 7.35. The van der Waals surface area contributed by atoms with E-state index in [1.165, 1.54) is 0 Å². The van der Waals surface area contributed by atoms with Crippen molar-refractivity contribution >= 4 is 29.8 Å². The number of carbonyl (C=O) groups is 5. The van der Waals surface area contributed by atoms with Crippen molar-refractivity contribution in [2.45, 2.75) is 80.7 Å². The average molecular weight is 488 g/mol. The lowest BCUT2D eigenvalue weighted by Gasteiger charge is -2.31. The molecule has 2 heterocycles. The highest BCUT2D eigenvalue weighted by atomic mass is 16.6. The van der Waals surface area contributed by atoms with Gasteiger partial charge in [0.05, 0.1) is 24.0 Å². The number of amides is 1. The van der Waals surface area contributed by atoms with Gasteiger partial charge >= 0.3 is 23.9 Å². The fourth-order valence-corrected chi connectivity index (χ4v) is 3.39. The predicted octanol–water partition coefficient (Wildman–Crippen LogP) is 4.24. The Morgan fingerprint density at radius 2 is 1.43 bits per heavy atom. The summed E-state index contributed by atoms with van der Waals surface area (Å²) >= 11 is 0. The van der Waals surface area contributed by atoms with Crippen molar-refractivity contribution < 1.29 is 33.4 Å². The molecular weight excluding hydrogens is 450 g/mol. The van der Waals surface area contributed by atoms with Crippen LogP contribution < -0.4 is 5.32 Å². The monoisotopic (exact) mass is 487 g/mol. The molecule has 1 fully saturated rings. The molecule has 0 atom stereocenters. The number of cyclic esters (lactones) is 4. The lowest BCUT2D eigenvalue weighted by atomic mass is 9.76.